The molecule has 0 unspecified atom stereocenters. The number of nitro benzene ring substituents is 1. The van der Waals surface area contributed by atoms with Crippen LogP contribution in [0, 0.1) is 10.1 Å². The molecular formula is C15H17N3O3. The van der Waals surface area contributed by atoms with E-state index in [4.69, 9.17) is 0 Å². The van der Waals surface area contributed by atoms with Gasteiger partial charge in [0.2, 0.25) is 0 Å². The van der Waals surface area contributed by atoms with Crippen molar-refractivity contribution in [2.45, 2.75) is 18.9 Å². The molecule has 1 aliphatic rings. The first-order valence-electron chi connectivity index (χ1n) is 7.04. The van der Waals surface area contributed by atoms with Gasteiger partial charge in [0.1, 0.15) is 0 Å². The zero-order valence-electron chi connectivity index (χ0n) is 11.9. The molecule has 1 fully saturated rings. The van der Waals surface area contributed by atoms with Crippen LogP contribution in [0.4, 0.5) is 5.69 Å². The molecule has 0 saturated carbocycles. The number of pyridine rings is 1. The smallest absolute Gasteiger partial charge is 0.270 e. The van der Waals surface area contributed by atoms with Crippen molar-refractivity contribution in [3.05, 3.63) is 50.8 Å². The molecule has 2 heterocycles. The molecule has 21 heavy (non-hydrogen) atoms. The van der Waals surface area contributed by atoms with Gasteiger partial charge >= 0.3 is 0 Å². The largest absolute Gasteiger partial charge is 0.306 e. The predicted molar refractivity (Wildman–Crippen MR) is 80.6 cm³/mol. The number of fused-ring (bicyclic) bond motifs is 1. The zero-order chi connectivity index (χ0) is 15.0. The van der Waals surface area contributed by atoms with Gasteiger partial charge < -0.3 is 9.47 Å². The number of hydrogen-bond donors (Lipinski definition) is 0. The Morgan fingerprint density at radius 1 is 1.19 bits per heavy atom. The summed E-state index contributed by atoms with van der Waals surface area (Å²) in [5, 5.41) is 11.6. The van der Waals surface area contributed by atoms with E-state index < -0.39 is 4.92 Å². The van der Waals surface area contributed by atoms with Gasteiger partial charge in [-0.1, -0.05) is 0 Å². The van der Waals surface area contributed by atoms with E-state index in [0.29, 0.717) is 0 Å². The van der Waals surface area contributed by atoms with Gasteiger partial charge in [0.05, 0.1) is 10.4 Å². The van der Waals surface area contributed by atoms with Crippen LogP contribution in [0.2, 0.25) is 0 Å². The fourth-order valence-electron chi connectivity index (χ4n) is 3.00. The van der Waals surface area contributed by atoms with E-state index in [1.54, 1.807) is 16.7 Å². The maximum Gasteiger partial charge on any atom is 0.270 e. The molecule has 1 aromatic heterocycles. The minimum absolute atomic E-state index is 0.0362. The number of likely N-dealkylation sites (tertiary alicyclic amines) is 1. The van der Waals surface area contributed by atoms with Crippen LogP contribution in [0.15, 0.2) is 35.1 Å². The van der Waals surface area contributed by atoms with Gasteiger partial charge in [0, 0.05) is 29.6 Å². The first-order chi connectivity index (χ1) is 10.1. The number of hydrogen-bond acceptors (Lipinski definition) is 4. The summed E-state index contributed by atoms with van der Waals surface area (Å²) >= 11 is 0. The van der Waals surface area contributed by atoms with E-state index in [-0.39, 0.29) is 17.3 Å². The highest BCUT2D eigenvalue weighted by molar-refractivity contribution is 5.81. The number of nitro groups is 1. The molecule has 0 aliphatic carbocycles. The Kier molecular flexibility index (Phi) is 3.47. The second-order valence-electron chi connectivity index (χ2n) is 5.58. The Labute approximate surface area is 121 Å². The van der Waals surface area contributed by atoms with E-state index in [9.17, 15) is 14.9 Å². The highest BCUT2D eigenvalue weighted by Gasteiger charge is 2.21. The summed E-state index contributed by atoms with van der Waals surface area (Å²) in [5.74, 6) is 0. The Bertz CT molecular complexity index is 745. The van der Waals surface area contributed by atoms with Crippen molar-refractivity contribution in [2.75, 3.05) is 20.1 Å². The lowest BCUT2D eigenvalue weighted by molar-refractivity contribution is -0.384. The molecule has 3 rings (SSSR count). The molecule has 6 heteroatoms. The van der Waals surface area contributed by atoms with Crippen molar-refractivity contribution < 1.29 is 4.92 Å². The Hall–Kier alpha value is -2.21. The molecule has 1 aromatic carbocycles. The van der Waals surface area contributed by atoms with Gasteiger partial charge in [0.15, 0.2) is 0 Å². The lowest BCUT2D eigenvalue weighted by Crippen LogP contribution is -2.35. The summed E-state index contributed by atoms with van der Waals surface area (Å²) in [6.07, 6.45) is 1.85. The van der Waals surface area contributed by atoms with Crippen molar-refractivity contribution in [2.24, 2.45) is 0 Å². The number of rotatable bonds is 2. The molecule has 0 radical (unpaired) electrons. The molecule has 6 nitrogen and oxygen atoms in total. The molecule has 2 aromatic rings. The molecule has 0 N–H and O–H groups in total. The van der Waals surface area contributed by atoms with Crippen LogP contribution in [-0.2, 0) is 0 Å². The molecule has 1 aliphatic heterocycles. The number of aromatic nitrogens is 1. The molecule has 0 spiro atoms. The highest BCUT2D eigenvalue weighted by Crippen LogP contribution is 2.26. The summed E-state index contributed by atoms with van der Waals surface area (Å²) in [6, 6.07) is 8.01. The van der Waals surface area contributed by atoms with Crippen LogP contribution in [0.25, 0.3) is 10.9 Å². The van der Waals surface area contributed by atoms with Crippen LogP contribution in [0.1, 0.15) is 18.9 Å². The summed E-state index contributed by atoms with van der Waals surface area (Å²) in [4.78, 5) is 24.9. The van der Waals surface area contributed by atoms with E-state index in [1.807, 2.05) is 0 Å². The van der Waals surface area contributed by atoms with Crippen LogP contribution >= 0.6 is 0 Å². The summed E-state index contributed by atoms with van der Waals surface area (Å²) < 4.78 is 1.80. The third-order valence-corrected chi connectivity index (χ3v) is 4.18. The second kappa shape index (κ2) is 5.29. The molecule has 0 bridgehead atoms. The lowest BCUT2D eigenvalue weighted by Gasteiger charge is -2.31. The van der Waals surface area contributed by atoms with E-state index in [1.165, 1.54) is 18.2 Å². The Balaban J connectivity index is 2.11. The first kappa shape index (κ1) is 13.8. The number of nitrogens with zero attached hydrogens (tertiary/aromatic N) is 3. The Morgan fingerprint density at radius 3 is 2.57 bits per heavy atom. The minimum atomic E-state index is -0.412. The van der Waals surface area contributed by atoms with E-state index in [2.05, 4.69) is 11.9 Å². The third-order valence-electron chi connectivity index (χ3n) is 4.18. The number of non-ortho nitro benzene ring substituents is 1. The van der Waals surface area contributed by atoms with Crippen LogP contribution in [0.3, 0.4) is 0 Å². The van der Waals surface area contributed by atoms with Crippen molar-refractivity contribution in [1.82, 2.24) is 9.47 Å². The van der Waals surface area contributed by atoms with Crippen LogP contribution in [-0.4, -0.2) is 34.5 Å². The average molecular weight is 287 g/mol. The van der Waals surface area contributed by atoms with Gasteiger partial charge in [-0.05, 0) is 45.1 Å². The van der Waals surface area contributed by atoms with Crippen molar-refractivity contribution >= 4 is 16.6 Å². The van der Waals surface area contributed by atoms with Crippen molar-refractivity contribution in [3.63, 3.8) is 0 Å². The van der Waals surface area contributed by atoms with Gasteiger partial charge in [-0.2, -0.15) is 0 Å². The fourth-order valence-corrected chi connectivity index (χ4v) is 3.00. The zero-order valence-corrected chi connectivity index (χ0v) is 11.9. The predicted octanol–water partition coefficient (Wildman–Crippen LogP) is 2.18. The molecule has 0 atom stereocenters. The monoisotopic (exact) mass is 287 g/mol. The maximum atomic E-state index is 12.2. The van der Waals surface area contributed by atoms with Gasteiger partial charge in [-0.15, -0.1) is 0 Å². The third kappa shape index (κ3) is 2.54. The van der Waals surface area contributed by atoms with Gasteiger partial charge in [0.25, 0.3) is 11.2 Å². The van der Waals surface area contributed by atoms with Crippen molar-refractivity contribution in [1.29, 1.82) is 0 Å². The summed E-state index contributed by atoms with van der Waals surface area (Å²) in [5.41, 5.74) is 0.796. The number of piperidine rings is 1. The summed E-state index contributed by atoms with van der Waals surface area (Å²) in [6.45, 7) is 1.92. The maximum absolute atomic E-state index is 12.2. The average Bonchev–Trinajstić information content (AvgIpc) is 2.48. The fraction of sp³-hybridized carbons (Fsp3) is 0.400. The van der Waals surface area contributed by atoms with E-state index in [0.717, 1.165) is 36.8 Å². The Morgan fingerprint density at radius 2 is 1.90 bits per heavy atom. The number of benzene rings is 1. The summed E-state index contributed by atoms with van der Waals surface area (Å²) in [7, 11) is 2.07. The van der Waals surface area contributed by atoms with Crippen LogP contribution < -0.4 is 5.56 Å². The standard InChI is InChI=1S/C15H17N3O3/c1-16-8-6-12(7-9-16)17-14-4-3-13(18(20)21)10-11(14)2-5-15(17)19/h2-5,10,12H,6-9H2,1H3. The normalized spacial score (nSPS) is 17.2. The first-order valence-corrected chi connectivity index (χ1v) is 7.04. The minimum Gasteiger partial charge on any atom is -0.306 e. The van der Waals surface area contributed by atoms with Crippen molar-refractivity contribution in [3.8, 4) is 0 Å². The molecule has 0 amide bonds. The topological polar surface area (TPSA) is 68.4 Å². The highest BCUT2D eigenvalue weighted by atomic mass is 16.6. The van der Waals surface area contributed by atoms with Gasteiger partial charge in [-0.25, -0.2) is 0 Å². The molecule has 1 saturated heterocycles. The second-order valence-corrected chi connectivity index (χ2v) is 5.58. The SMILES string of the molecule is CN1CCC(n2c(=O)ccc3cc([N+](=O)[O-])ccc32)CC1. The van der Waals surface area contributed by atoms with Gasteiger partial charge in [-0.3, -0.25) is 14.9 Å². The molecule has 110 valence electrons. The van der Waals surface area contributed by atoms with E-state index >= 15 is 0 Å². The van der Waals surface area contributed by atoms with Crippen LogP contribution in [0.5, 0.6) is 0 Å². The quantitative estimate of drug-likeness (QED) is 0.627. The lowest BCUT2D eigenvalue weighted by atomic mass is 10.0. The molecular weight excluding hydrogens is 270 g/mol.